The lowest BCUT2D eigenvalue weighted by atomic mass is 10.0. The lowest BCUT2D eigenvalue weighted by molar-refractivity contribution is -0.00125. The second kappa shape index (κ2) is 4.86. The van der Waals surface area contributed by atoms with Crippen LogP contribution in [-0.2, 0) is 5.92 Å². The molecule has 0 amide bonds. The monoisotopic (exact) mass is 265 g/mol. The summed E-state index contributed by atoms with van der Waals surface area (Å²) in [6.07, 6.45) is -0.958. The van der Waals surface area contributed by atoms with Crippen molar-refractivity contribution in [1.82, 2.24) is 0 Å². The molecule has 16 heavy (non-hydrogen) atoms. The molecule has 0 N–H and O–H groups in total. The average Bonchev–Trinajstić information content (AvgIpc) is 2.16. The molecule has 0 saturated carbocycles. The third kappa shape index (κ3) is 2.55. The number of hydrogen-bond donors (Lipinski definition) is 0. The van der Waals surface area contributed by atoms with E-state index in [0.29, 0.717) is 0 Å². The number of nitriles is 1. The summed E-state index contributed by atoms with van der Waals surface area (Å²) in [4.78, 5) is 0. The van der Waals surface area contributed by atoms with Crippen molar-refractivity contribution in [2.24, 2.45) is 0 Å². The number of hydrogen-bond acceptors (Lipinski definition) is 2. The van der Waals surface area contributed by atoms with Crippen molar-refractivity contribution in [3.8, 4) is 11.8 Å². The molecule has 0 aliphatic heterocycles. The Labute approximate surface area is 101 Å². The highest BCUT2D eigenvalue weighted by molar-refractivity contribution is 6.35. The van der Waals surface area contributed by atoms with E-state index in [0.717, 1.165) is 6.07 Å². The highest BCUT2D eigenvalue weighted by Gasteiger charge is 2.36. The number of nitrogens with zero attached hydrogens (tertiary/aromatic N) is 1. The molecule has 0 aliphatic rings. The zero-order valence-electron chi connectivity index (χ0n) is 8.23. The minimum Gasteiger partial charge on any atom is -0.495 e. The van der Waals surface area contributed by atoms with E-state index in [2.05, 4.69) is 0 Å². The predicted molar refractivity (Wildman–Crippen MR) is 57.1 cm³/mol. The summed E-state index contributed by atoms with van der Waals surface area (Å²) < 4.78 is 31.9. The molecule has 86 valence electrons. The molecule has 6 heteroatoms. The van der Waals surface area contributed by atoms with Crippen LogP contribution in [0.3, 0.4) is 0 Å². The van der Waals surface area contributed by atoms with E-state index in [4.69, 9.17) is 33.2 Å². The maximum Gasteiger partial charge on any atom is 0.289 e. The van der Waals surface area contributed by atoms with E-state index in [9.17, 15) is 8.78 Å². The molecule has 0 saturated heterocycles. The molecule has 0 atom stereocenters. The van der Waals surface area contributed by atoms with Crippen LogP contribution in [0.1, 0.15) is 12.0 Å². The molecule has 1 aromatic carbocycles. The molecule has 0 bridgehead atoms. The number of halogens is 4. The smallest absolute Gasteiger partial charge is 0.289 e. The van der Waals surface area contributed by atoms with E-state index >= 15 is 0 Å². The Morgan fingerprint density at radius 1 is 1.44 bits per heavy atom. The van der Waals surface area contributed by atoms with Crippen LogP contribution in [0.5, 0.6) is 5.75 Å². The normalized spacial score (nSPS) is 11.0. The molecule has 0 heterocycles. The van der Waals surface area contributed by atoms with Gasteiger partial charge in [-0.05, 0) is 12.1 Å². The van der Waals surface area contributed by atoms with Gasteiger partial charge < -0.3 is 4.74 Å². The number of alkyl halides is 2. The van der Waals surface area contributed by atoms with Gasteiger partial charge in [0.05, 0.1) is 23.8 Å². The summed E-state index contributed by atoms with van der Waals surface area (Å²) in [6.45, 7) is 0. The molecule has 0 unspecified atom stereocenters. The average molecular weight is 266 g/mol. The van der Waals surface area contributed by atoms with E-state index in [-0.39, 0.29) is 15.8 Å². The third-order valence-electron chi connectivity index (χ3n) is 1.91. The minimum absolute atomic E-state index is 0.0115. The Morgan fingerprint density at radius 3 is 2.56 bits per heavy atom. The third-order valence-corrected chi connectivity index (χ3v) is 2.41. The van der Waals surface area contributed by atoms with Crippen molar-refractivity contribution in [3.05, 3.63) is 27.7 Å². The molecule has 0 fully saturated rings. The topological polar surface area (TPSA) is 33.0 Å². The zero-order chi connectivity index (χ0) is 12.3. The van der Waals surface area contributed by atoms with Gasteiger partial charge in [0.2, 0.25) is 0 Å². The van der Waals surface area contributed by atoms with Gasteiger partial charge in [0, 0.05) is 5.02 Å². The fraction of sp³-hybridized carbons (Fsp3) is 0.300. The van der Waals surface area contributed by atoms with E-state index in [1.165, 1.54) is 19.2 Å². The number of methoxy groups -OCH3 is 1. The zero-order valence-corrected chi connectivity index (χ0v) is 9.74. The maximum atomic E-state index is 13.5. The van der Waals surface area contributed by atoms with Crippen molar-refractivity contribution in [3.63, 3.8) is 0 Å². The summed E-state index contributed by atoms with van der Waals surface area (Å²) in [6, 6.07) is 3.75. The number of ether oxygens (including phenoxy) is 1. The summed E-state index contributed by atoms with van der Waals surface area (Å²) in [5.74, 6) is -3.50. The summed E-state index contributed by atoms with van der Waals surface area (Å²) >= 11 is 11.3. The highest BCUT2D eigenvalue weighted by Crippen LogP contribution is 2.42. The van der Waals surface area contributed by atoms with Crippen LogP contribution < -0.4 is 4.74 Å². The number of rotatable bonds is 3. The predicted octanol–water partition coefficient (Wildman–Crippen LogP) is 4.01. The van der Waals surface area contributed by atoms with Crippen LogP contribution in [0.4, 0.5) is 8.78 Å². The van der Waals surface area contributed by atoms with Gasteiger partial charge in [-0.25, -0.2) is 8.78 Å². The first kappa shape index (κ1) is 13.0. The minimum atomic E-state index is -3.34. The lowest BCUT2D eigenvalue weighted by Crippen LogP contribution is -2.14. The van der Waals surface area contributed by atoms with E-state index in [1.54, 1.807) is 0 Å². The Morgan fingerprint density at radius 2 is 2.06 bits per heavy atom. The maximum absolute atomic E-state index is 13.5. The number of benzene rings is 1. The van der Waals surface area contributed by atoms with E-state index < -0.39 is 17.9 Å². The van der Waals surface area contributed by atoms with Crippen LogP contribution >= 0.6 is 23.2 Å². The van der Waals surface area contributed by atoms with Crippen molar-refractivity contribution in [2.45, 2.75) is 12.3 Å². The van der Waals surface area contributed by atoms with Gasteiger partial charge in [-0.3, -0.25) is 0 Å². The van der Waals surface area contributed by atoms with Crippen molar-refractivity contribution < 1.29 is 13.5 Å². The fourth-order valence-corrected chi connectivity index (χ4v) is 1.80. The molecular formula is C10H7Cl2F2NO. The first-order valence-corrected chi connectivity index (χ1v) is 4.96. The van der Waals surface area contributed by atoms with Crippen LogP contribution in [0.2, 0.25) is 10.0 Å². The SMILES string of the molecule is COc1c(Cl)cc(Cl)cc1C(F)(F)CC#N. The van der Waals surface area contributed by atoms with Gasteiger partial charge in [0.15, 0.2) is 0 Å². The Bertz CT molecular complexity index is 443. The molecule has 0 radical (unpaired) electrons. The van der Waals surface area contributed by atoms with Gasteiger partial charge in [0.1, 0.15) is 12.2 Å². The van der Waals surface area contributed by atoms with Crippen molar-refractivity contribution >= 4 is 23.2 Å². The van der Waals surface area contributed by atoms with Gasteiger partial charge in [-0.1, -0.05) is 23.2 Å². The van der Waals surface area contributed by atoms with E-state index in [1.807, 2.05) is 0 Å². The summed E-state index contributed by atoms with van der Waals surface area (Å²) in [5.41, 5.74) is -0.478. The Balaban J connectivity index is 3.37. The molecule has 0 aromatic heterocycles. The highest BCUT2D eigenvalue weighted by atomic mass is 35.5. The molecule has 0 aliphatic carbocycles. The Hall–Kier alpha value is -1.05. The first-order valence-electron chi connectivity index (χ1n) is 4.20. The van der Waals surface area contributed by atoms with Gasteiger partial charge in [-0.15, -0.1) is 0 Å². The van der Waals surface area contributed by atoms with Crippen LogP contribution in [0.15, 0.2) is 12.1 Å². The molecule has 1 aromatic rings. The largest absolute Gasteiger partial charge is 0.495 e. The molecule has 0 spiro atoms. The van der Waals surface area contributed by atoms with Crippen molar-refractivity contribution in [1.29, 1.82) is 5.26 Å². The summed E-state index contributed by atoms with van der Waals surface area (Å²) in [7, 11) is 1.22. The van der Waals surface area contributed by atoms with Crippen LogP contribution in [0, 0.1) is 11.3 Å². The standard InChI is InChI=1S/C10H7Cl2F2NO/c1-16-9-7(10(13,14)2-3-15)4-6(11)5-8(9)12/h4-5H,2H2,1H3. The van der Waals surface area contributed by atoms with Crippen LogP contribution in [0.25, 0.3) is 0 Å². The fourth-order valence-electron chi connectivity index (χ4n) is 1.23. The molecular weight excluding hydrogens is 259 g/mol. The quantitative estimate of drug-likeness (QED) is 0.828. The summed E-state index contributed by atoms with van der Waals surface area (Å²) in [5, 5.41) is 8.39. The van der Waals surface area contributed by atoms with Crippen LogP contribution in [-0.4, -0.2) is 7.11 Å². The van der Waals surface area contributed by atoms with Gasteiger partial charge in [-0.2, -0.15) is 5.26 Å². The second-order valence-electron chi connectivity index (χ2n) is 3.01. The second-order valence-corrected chi connectivity index (χ2v) is 3.85. The van der Waals surface area contributed by atoms with Crippen molar-refractivity contribution in [2.75, 3.05) is 7.11 Å². The molecule has 1 rings (SSSR count). The Kier molecular flexibility index (Phi) is 3.95. The lowest BCUT2D eigenvalue weighted by Gasteiger charge is -2.17. The van der Waals surface area contributed by atoms with Gasteiger partial charge in [0.25, 0.3) is 5.92 Å². The molecule has 2 nitrogen and oxygen atoms in total. The first-order chi connectivity index (χ1) is 7.42. The van der Waals surface area contributed by atoms with Gasteiger partial charge >= 0.3 is 0 Å².